The van der Waals surface area contributed by atoms with E-state index in [9.17, 15) is 4.79 Å². The highest BCUT2D eigenvalue weighted by Gasteiger charge is 2.21. The van der Waals surface area contributed by atoms with E-state index in [0.29, 0.717) is 18.6 Å². The van der Waals surface area contributed by atoms with Gasteiger partial charge in [0.05, 0.1) is 6.54 Å². The van der Waals surface area contributed by atoms with Crippen LogP contribution in [0, 0.1) is 3.57 Å². The van der Waals surface area contributed by atoms with Gasteiger partial charge in [-0.25, -0.2) is 0 Å². The number of benzene rings is 1. The lowest BCUT2D eigenvalue weighted by atomic mass is 10.0. The number of likely N-dealkylation sites (tertiary alicyclic amines) is 1. The Balaban J connectivity index is 1.80. The molecule has 1 aliphatic rings. The molecule has 1 atom stereocenters. The number of nitrogens with one attached hydrogen (secondary N) is 1. The summed E-state index contributed by atoms with van der Waals surface area (Å²) in [5.74, 6) is -0.233. The van der Waals surface area contributed by atoms with Gasteiger partial charge in [0.25, 0.3) is 0 Å². The maximum atomic E-state index is 10.9. The summed E-state index contributed by atoms with van der Waals surface area (Å²) in [7, 11) is 0. The van der Waals surface area contributed by atoms with Crippen LogP contribution in [0.4, 0.5) is 0 Å². The van der Waals surface area contributed by atoms with Gasteiger partial charge >= 0.3 is 0 Å². The first-order chi connectivity index (χ1) is 9.54. The van der Waals surface area contributed by atoms with Gasteiger partial charge in [-0.3, -0.25) is 9.69 Å². The average Bonchev–Trinajstić information content (AvgIpc) is 2.41. The topological polar surface area (TPSA) is 58.4 Å². The SMILES string of the molecule is CC(NC1CCN(CC(N)=O)CC1)c1ccc(I)cc1. The van der Waals surface area contributed by atoms with E-state index in [-0.39, 0.29) is 5.91 Å². The Bertz CT molecular complexity index is 441. The van der Waals surface area contributed by atoms with Gasteiger partial charge in [0, 0.05) is 28.7 Å². The highest BCUT2D eigenvalue weighted by Crippen LogP contribution is 2.18. The molecule has 1 aliphatic heterocycles. The molecule has 2 rings (SSSR count). The van der Waals surface area contributed by atoms with Gasteiger partial charge in [-0.1, -0.05) is 12.1 Å². The second-order valence-electron chi connectivity index (χ2n) is 5.46. The molecule has 0 aliphatic carbocycles. The van der Waals surface area contributed by atoms with Crippen molar-refractivity contribution in [1.29, 1.82) is 0 Å². The summed E-state index contributed by atoms with van der Waals surface area (Å²) in [6, 6.07) is 9.53. The van der Waals surface area contributed by atoms with E-state index < -0.39 is 0 Å². The summed E-state index contributed by atoms with van der Waals surface area (Å²) >= 11 is 2.32. The first kappa shape index (κ1) is 15.7. The van der Waals surface area contributed by atoms with Crippen molar-refractivity contribution in [2.75, 3.05) is 19.6 Å². The molecule has 1 unspecified atom stereocenters. The molecule has 1 fully saturated rings. The van der Waals surface area contributed by atoms with Gasteiger partial charge in [-0.2, -0.15) is 0 Å². The van der Waals surface area contributed by atoms with Crippen LogP contribution in [0.2, 0.25) is 0 Å². The van der Waals surface area contributed by atoms with Crippen molar-refractivity contribution in [3.05, 3.63) is 33.4 Å². The lowest BCUT2D eigenvalue weighted by molar-refractivity contribution is -0.119. The monoisotopic (exact) mass is 387 g/mol. The standard InChI is InChI=1S/C15H22IN3O/c1-11(12-2-4-13(16)5-3-12)18-14-6-8-19(9-7-14)10-15(17)20/h2-5,11,14,18H,6-10H2,1H3,(H2,17,20). The van der Waals surface area contributed by atoms with Crippen molar-refractivity contribution in [2.24, 2.45) is 5.73 Å². The summed E-state index contributed by atoms with van der Waals surface area (Å²) < 4.78 is 1.26. The molecule has 1 amide bonds. The molecule has 1 saturated heterocycles. The Morgan fingerprint density at radius 1 is 1.40 bits per heavy atom. The maximum Gasteiger partial charge on any atom is 0.231 e. The minimum absolute atomic E-state index is 0.233. The van der Waals surface area contributed by atoms with Gasteiger partial charge in [-0.15, -0.1) is 0 Å². The minimum Gasteiger partial charge on any atom is -0.369 e. The molecular formula is C15H22IN3O. The quantitative estimate of drug-likeness (QED) is 0.759. The second-order valence-corrected chi connectivity index (χ2v) is 6.70. The van der Waals surface area contributed by atoms with Crippen molar-refractivity contribution in [3.8, 4) is 0 Å². The molecule has 3 N–H and O–H groups in total. The first-order valence-electron chi connectivity index (χ1n) is 7.07. The Labute approximate surface area is 134 Å². The molecule has 0 saturated carbocycles. The summed E-state index contributed by atoms with van der Waals surface area (Å²) in [6.45, 7) is 4.48. The van der Waals surface area contributed by atoms with Crippen LogP contribution in [0.3, 0.4) is 0 Å². The molecule has 1 aromatic rings. The molecule has 0 spiro atoms. The molecule has 0 radical (unpaired) electrons. The zero-order chi connectivity index (χ0) is 14.5. The van der Waals surface area contributed by atoms with E-state index in [2.05, 4.69) is 64.0 Å². The zero-order valence-corrected chi connectivity index (χ0v) is 14.0. The summed E-state index contributed by atoms with van der Waals surface area (Å²) in [5.41, 5.74) is 6.55. The number of hydrogen-bond donors (Lipinski definition) is 2. The van der Waals surface area contributed by atoms with Crippen molar-refractivity contribution < 1.29 is 4.79 Å². The van der Waals surface area contributed by atoms with Crippen LogP contribution < -0.4 is 11.1 Å². The van der Waals surface area contributed by atoms with Crippen LogP contribution in [0.5, 0.6) is 0 Å². The summed E-state index contributed by atoms with van der Waals surface area (Å²) in [4.78, 5) is 13.0. The van der Waals surface area contributed by atoms with E-state index in [0.717, 1.165) is 25.9 Å². The fourth-order valence-electron chi connectivity index (χ4n) is 2.68. The van der Waals surface area contributed by atoms with Crippen molar-refractivity contribution in [3.63, 3.8) is 0 Å². The van der Waals surface area contributed by atoms with Crippen LogP contribution in [0.25, 0.3) is 0 Å². The minimum atomic E-state index is -0.233. The lowest BCUT2D eigenvalue weighted by Gasteiger charge is -2.33. The third-order valence-electron chi connectivity index (χ3n) is 3.82. The number of amides is 1. The number of rotatable bonds is 5. The average molecular weight is 387 g/mol. The third-order valence-corrected chi connectivity index (χ3v) is 4.54. The Kier molecular flexibility index (Phi) is 5.80. The van der Waals surface area contributed by atoms with Crippen LogP contribution in [0.1, 0.15) is 31.4 Å². The smallest absolute Gasteiger partial charge is 0.231 e. The summed E-state index contributed by atoms with van der Waals surface area (Å²) in [5, 5.41) is 3.68. The normalized spacial score (nSPS) is 18.9. The van der Waals surface area contributed by atoms with Gasteiger partial charge in [0.1, 0.15) is 0 Å². The predicted molar refractivity (Wildman–Crippen MR) is 89.4 cm³/mol. The number of hydrogen-bond acceptors (Lipinski definition) is 3. The van der Waals surface area contributed by atoms with Crippen LogP contribution in [0.15, 0.2) is 24.3 Å². The van der Waals surface area contributed by atoms with Crippen LogP contribution in [-0.2, 0) is 4.79 Å². The van der Waals surface area contributed by atoms with Crippen molar-refractivity contribution in [1.82, 2.24) is 10.2 Å². The third kappa shape index (κ3) is 4.71. The molecule has 4 nitrogen and oxygen atoms in total. The fourth-order valence-corrected chi connectivity index (χ4v) is 3.04. The van der Waals surface area contributed by atoms with E-state index in [1.807, 2.05) is 0 Å². The zero-order valence-electron chi connectivity index (χ0n) is 11.8. The van der Waals surface area contributed by atoms with Gasteiger partial charge in [0.15, 0.2) is 0 Å². The van der Waals surface area contributed by atoms with Crippen molar-refractivity contribution >= 4 is 28.5 Å². The number of piperidine rings is 1. The maximum absolute atomic E-state index is 10.9. The summed E-state index contributed by atoms with van der Waals surface area (Å²) in [6.07, 6.45) is 2.14. The molecule has 1 aromatic carbocycles. The van der Waals surface area contributed by atoms with Gasteiger partial charge in [-0.05, 0) is 60.1 Å². The highest BCUT2D eigenvalue weighted by molar-refractivity contribution is 14.1. The van der Waals surface area contributed by atoms with E-state index >= 15 is 0 Å². The molecule has 0 aromatic heterocycles. The second kappa shape index (κ2) is 7.38. The number of primary amides is 1. The van der Waals surface area contributed by atoms with E-state index in [4.69, 9.17) is 5.73 Å². The number of carbonyl (C=O) groups is 1. The Morgan fingerprint density at radius 3 is 2.55 bits per heavy atom. The largest absolute Gasteiger partial charge is 0.369 e. The van der Waals surface area contributed by atoms with E-state index in [1.165, 1.54) is 9.13 Å². The first-order valence-corrected chi connectivity index (χ1v) is 8.14. The van der Waals surface area contributed by atoms with Crippen molar-refractivity contribution in [2.45, 2.75) is 31.8 Å². The van der Waals surface area contributed by atoms with Crippen LogP contribution >= 0.6 is 22.6 Å². The molecule has 5 heteroatoms. The number of nitrogens with two attached hydrogens (primary N) is 1. The van der Waals surface area contributed by atoms with E-state index in [1.54, 1.807) is 0 Å². The molecular weight excluding hydrogens is 365 g/mol. The molecule has 20 heavy (non-hydrogen) atoms. The molecule has 110 valence electrons. The number of halogens is 1. The number of nitrogens with zero attached hydrogens (tertiary/aromatic N) is 1. The Morgan fingerprint density at radius 2 is 2.00 bits per heavy atom. The predicted octanol–water partition coefficient (Wildman–Crippen LogP) is 1.89. The molecule has 1 heterocycles. The van der Waals surface area contributed by atoms with Crippen LogP contribution in [-0.4, -0.2) is 36.5 Å². The number of carbonyl (C=O) groups excluding carboxylic acids is 1. The Hall–Kier alpha value is -0.660. The fraction of sp³-hybridized carbons (Fsp3) is 0.533. The lowest BCUT2D eigenvalue weighted by Crippen LogP contribution is -2.45. The molecule has 0 bridgehead atoms. The highest BCUT2D eigenvalue weighted by atomic mass is 127. The van der Waals surface area contributed by atoms with Gasteiger partial charge in [0.2, 0.25) is 5.91 Å². The van der Waals surface area contributed by atoms with Gasteiger partial charge < -0.3 is 11.1 Å².